The van der Waals surface area contributed by atoms with Crippen LogP contribution in [0.15, 0.2) is 83.8 Å². The van der Waals surface area contributed by atoms with Crippen molar-refractivity contribution in [3.8, 4) is 0 Å². The fourth-order valence-electron chi connectivity index (χ4n) is 2.86. The molecular weight excluding hydrogens is 391 g/mol. The summed E-state index contributed by atoms with van der Waals surface area (Å²) >= 11 is 0. The van der Waals surface area contributed by atoms with Crippen molar-refractivity contribution in [1.82, 2.24) is 4.90 Å². The van der Waals surface area contributed by atoms with Crippen LogP contribution in [0, 0.1) is 5.82 Å². The maximum atomic E-state index is 13.8. The van der Waals surface area contributed by atoms with Crippen LogP contribution in [0.1, 0.15) is 22.8 Å². The Balaban J connectivity index is 1.84. The van der Waals surface area contributed by atoms with Crippen molar-refractivity contribution < 1.29 is 17.6 Å². The fourth-order valence-corrected chi connectivity index (χ4v) is 3.97. The van der Waals surface area contributed by atoms with Gasteiger partial charge in [0.1, 0.15) is 5.82 Å². The summed E-state index contributed by atoms with van der Waals surface area (Å²) in [7, 11) is -4.04. The van der Waals surface area contributed by atoms with Crippen molar-refractivity contribution in [3.05, 3.63) is 95.8 Å². The van der Waals surface area contributed by atoms with Gasteiger partial charge in [-0.1, -0.05) is 48.5 Å². The number of halogens is 1. The first kappa shape index (κ1) is 20.5. The van der Waals surface area contributed by atoms with Gasteiger partial charge in [-0.05, 0) is 42.8 Å². The van der Waals surface area contributed by atoms with E-state index in [0.29, 0.717) is 13.1 Å². The Hall–Kier alpha value is -3.19. The van der Waals surface area contributed by atoms with E-state index in [0.717, 1.165) is 5.56 Å². The Bertz CT molecular complexity index is 1100. The number of carbonyl (C=O) groups is 1. The van der Waals surface area contributed by atoms with E-state index >= 15 is 0 Å². The van der Waals surface area contributed by atoms with Crippen molar-refractivity contribution in [1.29, 1.82) is 0 Å². The van der Waals surface area contributed by atoms with Gasteiger partial charge in [-0.25, -0.2) is 12.8 Å². The molecule has 0 aliphatic rings. The third kappa shape index (κ3) is 5.00. The predicted molar refractivity (Wildman–Crippen MR) is 111 cm³/mol. The number of hydrogen-bond donors (Lipinski definition) is 1. The molecule has 0 aliphatic heterocycles. The van der Waals surface area contributed by atoms with Gasteiger partial charge in [0, 0.05) is 18.7 Å². The highest BCUT2D eigenvalue weighted by Gasteiger charge is 2.20. The molecule has 29 heavy (non-hydrogen) atoms. The van der Waals surface area contributed by atoms with E-state index in [-0.39, 0.29) is 22.1 Å². The molecule has 0 atom stereocenters. The molecule has 0 unspecified atom stereocenters. The van der Waals surface area contributed by atoms with E-state index < -0.39 is 15.8 Å². The van der Waals surface area contributed by atoms with Gasteiger partial charge >= 0.3 is 0 Å². The maximum absolute atomic E-state index is 13.8. The second-order valence-electron chi connectivity index (χ2n) is 6.42. The number of anilines is 1. The Morgan fingerprint density at radius 3 is 2.34 bits per heavy atom. The number of nitrogens with one attached hydrogen (secondary N) is 1. The lowest BCUT2D eigenvalue weighted by atomic mass is 10.1. The quantitative estimate of drug-likeness (QED) is 0.630. The topological polar surface area (TPSA) is 66.5 Å². The first-order valence-electron chi connectivity index (χ1n) is 9.11. The minimum atomic E-state index is -4.04. The van der Waals surface area contributed by atoms with Gasteiger partial charge in [-0.2, -0.15) is 0 Å². The summed E-state index contributed by atoms with van der Waals surface area (Å²) in [6.45, 7) is 2.75. The summed E-state index contributed by atoms with van der Waals surface area (Å²) in [6, 6.07) is 20.8. The van der Waals surface area contributed by atoms with Crippen LogP contribution in [0.5, 0.6) is 0 Å². The SMILES string of the molecule is CCN(Cc1ccccc1)C(=O)c1cccc(S(=O)(=O)Nc2ccccc2F)c1. The molecule has 0 saturated carbocycles. The molecule has 0 aromatic heterocycles. The lowest BCUT2D eigenvalue weighted by molar-refractivity contribution is 0.0752. The monoisotopic (exact) mass is 412 g/mol. The van der Waals surface area contributed by atoms with Crippen LogP contribution >= 0.6 is 0 Å². The number of sulfonamides is 1. The second kappa shape index (κ2) is 8.87. The second-order valence-corrected chi connectivity index (χ2v) is 8.10. The van der Waals surface area contributed by atoms with Gasteiger partial charge in [-0.3, -0.25) is 9.52 Å². The summed E-state index contributed by atoms with van der Waals surface area (Å²) < 4.78 is 41.4. The van der Waals surface area contributed by atoms with Crippen LogP contribution in [0.25, 0.3) is 0 Å². The number of hydrogen-bond acceptors (Lipinski definition) is 3. The zero-order chi connectivity index (χ0) is 20.9. The van der Waals surface area contributed by atoms with E-state index in [9.17, 15) is 17.6 Å². The molecule has 3 aromatic carbocycles. The minimum absolute atomic E-state index is 0.109. The van der Waals surface area contributed by atoms with Gasteiger partial charge in [0.25, 0.3) is 15.9 Å². The van der Waals surface area contributed by atoms with Crippen LogP contribution in [0.3, 0.4) is 0 Å². The molecule has 3 aromatic rings. The fraction of sp³-hybridized carbons (Fsp3) is 0.136. The number of para-hydroxylation sites is 1. The first-order chi connectivity index (χ1) is 13.9. The molecule has 150 valence electrons. The number of carbonyl (C=O) groups excluding carboxylic acids is 1. The zero-order valence-corrected chi connectivity index (χ0v) is 16.7. The molecule has 5 nitrogen and oxygen atoms in total. The summed E-state index contributed by atoms with van der Waals surface area (Å²) in [6.07, 6.45) is 0. The molecule has 3 rings (SSSR count). The standard InChI is InChI=1S/C22H21FN2O3S/c1-2-25(16-17-9-4-3-5-10-17)22(26)18-11-8-12-19(15-18)29(27,28)24-21-14-7-6-13-20(21)23/h3-15,24H,2,16H2,1H3. The van der Waals surface area contributed by atoms with E-state index in [2.05, 4.69) is 4.72 Å². The smallest absolute Gasteiger partial charge is 0.262 e. The largest absolute Gasteiger partial charge is 0.335 e. The maximum Gasteiger partial charge on any atom is 0.262 e. The van der Waals surface area contributed by atoms with Crippen molar-refractivity contribution in [2.75, 3.05) is 11.3 Å². The average Bonchev–Trinajstić information content (AvgIpc) is 2.74. The molecule has 0 heterocycles. The first-order valence-corrected chi connectivity index (χ1v) is 10.6. The summed E-state index contributed by atoms with van der Waals surface area (Å²) in [5.41, 5.74) is 1.08. The zero-order valence-electron chi connectivity index (χ0n) is 15.9. The number of benzene rings is 3. The lowest BCUT2D eigenvalue weighted by Crippen LogP contribution is -2.30. The highest BCUT2D eigenvalue weighted by molar-refractivity contribution is 7.92. The van der Waals surface area contributed by atoms with Crippen molar-refractivity contribution in [3.63, 3.8) is 0 Å². The highest BCUT2D eigenvalue weighted by Crippen LogP contribution is 2.20. The van der Waals surface area contributed by atoms with Gasteiger partial charge in [0.2, 0.25) is 0 Å². The molecule has 7 heteroatoms. The number of amides is 1. The minimum Gasteiger partial charge on any atom is -0.335 e. The summed E-state index contributed by atoms with van der Waals surface area (Å²) in [5.74, 6) is -0.956. The predicted octanol–water partition coefficient (Wildman–Crippen LogP) is 4.29. The molecular formula is C22H21FN2O3S. The van der Waals surface area contributed by atoms with Crippen molar-refractivity contribution in [2.45, 2.75) is 18.4 Å². The summed E-state index contributed by atoms with van der Waals surface area (Å²) in [4.78, 5) is 14.4. The van der Waals surface area contributed by atoms with Gasteiger partial charge in [0.15, 0.2) is 0 Å². The lowest BCUT2D eigenvalue weighted by Gasteiger charge is -2.21. The third-order valence-corrected chi connectivity index (χ3v) is 5.76. The molecule has 0 bridgehead atoms. The molecule has 0 saturated heterocycles. The van der Waals surface area contributed by atoms with Gasteiger partial charge < -0.3 is 4.90 Å². The Kier molecular flexibility index (Phi) is 6.29. The highest BCUT2D eigenvalue weighted by atomic mass is 32.2. The van der Waals surface area contributed by atoms with Gasteiger partial charge in [-0.15, -0.1) is 0 Å². The van der Waals surface area contributed by atoms with E-state index in [1.54, 1.807) is 11.0 Å². The Morgan fingerprint density at radius 2 is 1.66 bits per heavy atom. The average molecular weight is 412 g/mol. The normalized spacial score (nSPS) is 11.1. The van der Waals surface area contributed by atoms with Crippen LogP contribution in [-0.2, 0) is 16.6 Å². The number of nitrogens with zero attached hydrogens (tertiary/aromatic N) is 1. The molecule has 1 N–H and O–H groups in total. The van der Waals surface area contributed by atoms with E-state index in [4.69, 9.17) is 0 Å². The van der Waals surface area contributed by atoms with Crippen molar-refractivity contribution >= 4 is 21.6 Å². The third-order valence-electron chi connectivity index (χ3n) is 4.39. The Morgan fingerprint density at radius 1 is 0.966 bits per heavy atom. The van der Waals surface area contributed by atoms with Crippen molar-refractivity contribution in [2.24, 2.45) is 0 Å². The molecule has 0 aliphatic carbocycles. The summed E-state index contributed by atoms with van der Waals surface area (Å²) in [5, 5.41) is 0. The van der Waals surface area contributed by atoms with Crippen LogP contribution < -0.4 is 4.72 Å². The van der Waals surface area contributed by atoms with E-state index in [1.807, 2.05) is 37.3 Å². The van der Waals surface area contributed by atoms with E-state index in [1.165, 1.54) is 42.5 Å². The molecule has 0 radical (unpaired) electrons. The van der Waals surface area contributed by atoms with Gasteiger partial charge in [0.05, 0.1) is 10.6 Å². The molecule has 0 fully saturated rings. The number of rotatable bonds is 7. The molecule has 1 amide bonds. The molecule has 0 spiro atoms. The Labute approximate surface area is 169 Å². The van der Waals surface area contributed by atoms with Crippen LogP contribution in [0.2, 0.25) is 0 Å². The van der Waals surface area contributed by atoms with Crippen LogP contribution in [0.4, 0.5) is 10.1 Å². The van der Waals surface area contributed by atoms with Crippen LogP contribution in [-0.4, -0.2) is 25.8 Å².